The smallest absolute Gasteiger partial charge is 0.226 e. The first-order chi connectivity index (χ1) is 16.4. The molecule has 0 bridgehead atoms. The van der Waals surface area contributed by atoms with Crippen LogP contribution in [0.2, 0.25) is 0 Å². The lowest BCUT2D eigenvalue weighted by Gasteiger charge is -2.25. The number of phenols is 1. The van der Waals surface area contributed by atoms with Crippen LogP contribution in [0.3, 0.4) is 0 Å². The molecule has 3 heterocycles. The molecule has 5 rings (SSSR count). The van der Waals surface area contributed by atoms with Gasteiger partial charge in [0, 0.05) is 17.9 Å². The van der Waals surface area contributed by atoms with Crippen molar-refractivity contribution in [2.24, 2.45) is 0 Å². The van der Waals surface area contributed by atoms with Crippen molar-refractivity contribution < 1.29 is 24.1 Å². The number of nitrogens with zero attached hydrogens (tertiary/aromatic N) is 3. The van der Waals surface area contributed by atoms with Gasteiger partial charge in [-0.2, -0.15) is 9.78 Å². The van der Waals surface area contributed by atoms with Gasteiger partial charge in [0.25, 0.3) is 0 Å². The first kappa shape index (κ1) is 22.0. The van der Waals surface area contributed by atoms with E-state index in [9.17, 15) is 9.90 Å². The van der Waals surface area contributed by atoms with E-state index < -0.39 is 0 Å². The number of carbonyl (C=O) groups is 1. The van der Waals surface area contributed by atoms with Crippen LogP contribution in [0.25, 0.3) is 15.3 Å². The second-order valence-electron chi connectivity index (χ2n) is 7.90. The molecule has 0 aliphatic carbocycles. The van der Waals surface area contributed by atoms with E-state index in [-0.39, 0.29) is 35.5 Å². The molecule has 2 N–H and O–H groups in total. The average molecular weight is 481 g/mol. The highest BCUT2D eigenvalue weighted by Crippen LogP contribution is 2.45. The van der Waals surface area contributed by atoms with Gasteiger partial charge < -0.3 is 24.6 Å². The molecule has 4 aromatic rings. The van der Waals surface area contributed by atoms with E-state index in [4.69, 9.17) is 24.3 Å². The number of nitrogens with one attached hydrogen (secondary N) is 1. The summed E-state index contributed by atoms with van der Waals surface area (Å²) in [7, 11) is 2.95. The second kappa shape index (κ2) is 8.53. The lowest BCUT2D eigenvalue weighted by molar-refractivity contribution is -0.116. The Morgan fingerprint density at radius 3 is 2.62 bits per heavy atom. The van der Waals surface area contributed by atoms with Crippen LogP contribution >= 0.6 is 11.3 Å². The summed E-state index contributed by atoms with van der Waals surface area (Å²) >= 11 is 1.47. The predicted molar refractivity (Wildman–Crippen MR) is 129 cm³/mol. The van der Waals surface area contributed by atoms with Gasteiger partial charge in [-0.1, -0.05) is 11.3 Å². The van der Waals surface area contributed by atoms with Crippen LogP contribution in [-0.4, -0.2) is 46.6 Å². The van der Waals surface area contributed by atoms with E-state index in [2.05, 4.69) is 5.32 Å². The summed E-state index contributed by atoms with van der Waals surface area (Å²) in [6.07, 6.45) is 0.230. The zero-order chi connectivity index (χ0) is 24.0. The molecule has 1 aliphatic rings. The third-order valence-corrected chi connectivity index (χ3v) is 6.84. The number of methoxy groups -OCH3 is 2. The van der Waals surface area contributed by atoms with Gasteiger partial charge in [-0.15, -0.1) is 0 Å². The molecular formula is C24H24N4O5S. The Bertz CT molecular complexity index is 1390. The van der Waals surface area contributed by atoms with Crippen LogP contribution in [0.5, 0.6) is 23.0 Å². The van der Waals surface area contributed by atoms with E-state index in [0.29, 0.717) is 17.6 Å². The summed E-state index contributed by atoms with van der Waals surface area (Å²) in [5.41, 5.74) is 3.29. The minimum Gasteiger partial charge on any atom is -0.502 e. The van der Waals surface area contributed by atoms with Gasteiger partial charge in [-0.25, -0.2) is 4.98 Å². The van der Waals surface area contributed by atoms with Gasteiger partial charge >= 0.3 is 0 Å². The van der Waals surface area contributed by atoms with Crippen LogP contribution < -0.4 is 19.5 Å². The molecule has 0 unspecified atom stereocenters. The third kappa shape index (κ3) is 3.60. The molecule has 176 valence electrons. The minimum atomic E-state index is -0.292. The first-order valence-corrected chi connectivity index (χ1v) is 11.6. The molecule has 0 radical (unpaired) electrons. The molecule has 10 heteroatoms. The summed E-state index contributed by atoms with van der Waals surface area (Å²) in [5.74, 6) is 1.43. The number of rotatable bonds is 6. The Labute approximate surface area is 199 Å². The fourth-order valence-electron chi connectivity index (χ4n) is 4.33. The number of hydrogen-bond donors (Lipinski definition) is 2. The van der Waals surface area contributed by atoms with Crippen LogP contribution in [0.4, 0.5) is 5.82 Å². The highest BCUT2D eigenvalue weighted by molar-refractivity contribution is 7.20. The number of ether oxygens (including phenoxy) is 3. The number of anilines is 1. The first-order valence-electron chi connectivity index (χ1n) is 10.8. The van der Waals surface area contributed by atoms with Gasteiger partial charge in [-0.05, 0) is 49.7 Å². The maximum absolute atomic E-state index is 12.8. The zero-order valence-electron chi connectivity index (χ0n) is 19.2. The standard InChI is InChI=1S/C24H24N4O5S/c1-5-33-14-6-7-16-19(10-14)34-24(25-16)28-23-21(12(2)27-28)15(11-20(29)26-23)13-8-17(31-3)22(30)18(9-13)32-4/h6-10,15,30H,5,11H2,1-4H3,(H,26,29)/t15-/m1/s1. The van der Waals surface area contributed by atoms with E-state index >= 15 is 0 Å². The number of benzene rings is 2. The number of carbonyl (C=O) groups excluding carboxylic acids is 1. The average Bonchev–Trinajstić information content (AvgIpc) is 3.39. The largest absolute Gasteiger partial charge is 0.502 e. The molecule has 34 heavy (non-hydrogen) atoms. The Kier molecular flexibility index (Phi) is 5.52. The molecule has 1 amide bonds. The third-order valence-electron chi connectivity index (χ3n) is 5.85. The number of phenolic OH excluding ortho intramolecular Hbond substituents is 1. The molecule has 0 spiro atoms. The molecule has 1 aliphatic heterocycles. The Morgan fingerprint density at radius 1 is 1.21 bits per heavy atom. The van der Waals surface area contributed by atoms with Crippen molar-refractivity contribution in [2.45, 2.75) is 26.2 Å². The topological polar surface area (TPSA) is 108 Å². The number of fused-ring (bicyclic) bond motifs is 2. The maximum atomic E-state index is 12.8. The number of thiazole rings is 1. The van der Waals surface area contributed by atoms with Crippen LogP contribution in [0, 0.1) is 6.92 Å². The molecule has 0 fully saturated rings. The van der Waals surface area contributed by atoms with Crippen molar-refractivity contribution in [2.75, 3.05) is 26.1 Å². The van der Waals surface area contributed by atoms with Gasteiger partial charge in [0.05, 0.1) is 36.7 Å². The van der Waals surface area contributed by atoms with Crippen molar-refractivity contribution in [1.82, 2.24) is 14.8 Å². The van der Waals surface area contributed by atoms with E-state index in [0.717, 1.165) is 32.8 Å². The lowest BCUT2D eigenvalue weighted by atomic mass is 9.85. The summed E-state index contributed by atoms with van der Waals surface area (Å²) in [4.78, 5) is 17.5. The highest BCUT2D eigenvalue weighted by atomic mass is 32.1. The summed E-state index contributed by atoms with van der Waals surface area (Å²) in [6, 6.07) is 9.23. The van der Waals surface area contributed by atoms with Gasteiger partial charge in [0.15, 0.2) is 11.5 Å². The van der Waals surface area contributed by atoms with Crippen LogP contribution in [0.1, 0.15) is 36.1 Å². The molecule has 9 nitrogen and oxygen atoms in total. The van der Waals surface area contributed by atoms with Crippen molar-refractivity contribution in [3.8, 4) is 28.1 Å². The Hall–Kier alpha value is -3.79. The molecule has 0 saturated carbocycles. The van der Waals surface area contributed by atoms with Crippen molar-refractivity contribution >= 4 is 33.3 Å². The van der Waals surface area contributed by atoms with Crippen molar-refractivity contribution in [1.29, 1.82) is 0 Å². The number of aryl methyl sites for hydroxylation is 1. The van der Waals surface area contributed by atoms with E-state index in [1.54, 1.807) is 16.8 Å². The fourth-order valence-corrected chi connectivity index (χ4v) is 5.28. The quantitative estimate of drug-likeness (QED) is 0.421. The van der Waals surface area contributed by atoms with Crippen LogP contribution in [0.15, 0.2) is 30.3 Å². The zero-order valence-corrected chi connectivity index (χ0v) is 20.0. The fraction of sp³-hybridized carbons (Fsp3) is 0.292. The minimum absolute atomic E-state index is 0.0810. The molecule has 0 saturated heterocycles. The highest BCUT2D eigenvalue weighted by Gasteiger charge is 2.34. The Morgan fingerprint density at radius 2 is 1.94 bits per heavy atom. The maximum Gasteiger partial charge on any atom is 0.226 e. The molecule has 1 atom stereocenters. The van der Waals surface area contributed by atoms with E-state index in [1.807, 2.05) is 32.0 Å². The van der Waals surface area contributed by atoms with Crippen LogP contribution in [-0.2, 0) is 4.79 Å². The normalized spacial score (nSPS) is 15.2. The van der Waals surface area contributed by atoms with Crippen molar-refractivity contribution in [3.05, 3.63) is 47.2 Å². The SMILES string of the molecule is CCOc1ccc2nc(-n3nc(C)c4c3NC(=O)C[C@@H]4c3cc(OC)c(O)c(OC)c3)sc2c1. The number of aromatic nitrogens is 3. The molecule has 2 aromatic carbocycles. The molecular weight excluding hydrogens is 456 g/mol. The second-order valence-corrected chi connectivity index (χ2v) is 8.91. The van der Waals surface area contributed by atoms with Gasteiger partial charge in [0.1, 0.15) is 11.6 Å². The number of hydrogen-bond acceptors (Lipinski definition) is 8. The number of amides is 1. The monoisotopic (exact) mass is 480 g/mol. The van der Waals surface area contributed by atoms with Crippen molar-refractivity contribution in [3.63, 3.8) is 0 Å². The molecule has 2 aromatic heterocycles. The predicted octanol–water partition coefficient (Wildman–Crippen LogP) is 4.39. The summed E-state index contributed by atoms with van der Waals surface area (Å²) in [5, 5.41) is 18.7. The lowest BCUT2D eigenvalue weighted by Crippen LogP contribution is -2.25. The number of aromatic hydroxyl groups is 1. The van der Waals surface area contributed by atoms with Gasteiger partial charge in [0.2, 0.25) is 16.8 Å². The summed E-state index contributed by atoms with van der Waals surface area (Å²) < 4.78 is 18.9. The van der Waals surface area contributed by atoms with E-state index in [1.165, 1.54) is 25.6 Å². The summed E-state index contributed by atoms with van der Waals surface area (Å²) in [6.45, 7) is 4.44. The Balaban J connectivity index is 1.63. The van der Waals surface area contributed by atoms with Gasteiger partial charge in [-0.3, -0.25) is 4.79 Å².